The van der Waals surface area contributed by atoms with E-state index in [4.69, 9.17) is 11.6 Å². The van der Waals surface area contributed by atoms with Gasteiger partial charge in [-0.1, -0.05) is 35.8 Å². The number of halogens is 2. The molecule has 2 aromatic rings. The Hall–Kier alpha value is -0.870. The molecular weight excluding hydrogens is 259 g/mol. The van der Waals surface area contributed by atoms with Crippen LogP contribution in [0.5, 0.6) is 0 Å². The first-order valence-electron chi connectivity index (χ1n) is 5.74. The molecule has 0 unspecified atom stereocenters. The molecular formula is C12H12ClFN2S. The van der Waals surface area contributed by atoms with E-state index in [9.17, 15) is 4.39 Å². The monoisotopic (exact) mass is 270 g/mol. The Balaban J connectivity index is 1.90. The summed E-state index contributed by atoms with van der Waals surface area (Å²) in [5.74, 6) is -0.379. The number of nitrogens with one attached hydrogen (secondary N) is 1. The number of hydrogen-bond donors (Lipinski definition) is 1. The minimum atomic E-state index is -0.379. The summed E-state index contributed by atoms with van der Waals surface area (Å²) in [6, 6.07) is 3.56. The Morgan fingerprint density at radius 1 is 1.35 bits per heavy atom. The maximum absolute atomic E-state index is 13.3. The van der Waals surface area contributed by atoms with Crippen molar-refractivity contribution in [3.63, 3.8) is 0 Å². The Morgan fingerprint density at radius 2 is 2.12 bits per heavy atom. The molecule has 0 aliphatic heterocycles. The smallest absolute Gasteiger partial charge is 0.184 e. The quantitative estimate of drug-likeness (QED) is 0.872. The molecule has 5 heteroatoms. The molecule has 1 aliphatic carbocycles. The maximum atomic E-state index is 13.3. The van der Waals surface area contributed by atoms with Gasteiger partial charge in [0.15, 0.2) is 5.13 Å². The molecule has 1 aromatic heterocycles. The van der Waals surface area contributed by atoms with Crippen molar-refractivity contribution >= 4 is 38.3 Å². The van der Waals surface area contributed by atoms with Crippen LogP contribution in [0.4, 0.5) is 9.52 Å². The number of nitrogens with zero attached hydrogens (tertiary/aromatic N) is 1. The van der Waals surface area contributed by atoms with Crippen LogP contribution in [0.1, 0.15) is 25.7 Å². The van der Waals surface area contributed by atoms with Crippen LogP contribution in [-0.4, -0.2) is 11.0 Å². The van der Waals surface area contributed by atoms with E-state index in [0.717, 1.165) is 15.3 Å². The van der Waals surface area contributed by atoms with Gasteiger partial charge < -0.3 is 5.32 Å². The van der Waals surface area contributed by atoms with Crippen LogP contribution in [0.2, 0.25) is 5.02 Å². The third-order valence-electron chi connectivity index (χ3n) is 3.11. The summed E-state index contributed by atoms with van der Waals surface area (Å²) in [5.41, 5.74) is 0.766. The number of fused-ring (bicyclic) bond motifs is 1. The molecule has 0 saturated heterocycles. The molecule has 1 fully saturated rings. The minimum absolute atomic E-state index is 0.134. The lowest BCUT2D eigenvalue weighted by atomic mass is 10.3. The van der Waals surface area contributed by atoms with Crippen molar-refractivity contribution in [2.24, 2.45) is 0 Å². The van der Waals surface area contributed by atoms with Crippen molar-refractivity contribution in [1.29, 1.82) is 0 Å². The van der Waals surface area contributed by atoms with Crippen LogP contribution in [0.25, 0.3) is 10.2 Å². The van der Waals surface area contributed by atoms with E-state index in [1.807, 2.05) is 0 Å². The maximum Gasteiger partial charge on any atom is 0.184 e. The highest BCUT2D eigenvalue weighted by Gasteiger charge is 2.16. The first-order chi connectivity index (χ1) is 8.22. The molecule has 1 N–H and O–H groups in total. The molecule has 0 atom stereocenters. The fraction of sp³-hybridized carbons (Fsp3) is 0.417. The van der Waals surface area contributed by atoms with Crippen LogP contribution in [-0.2, 0) is 0 Å². The van der Waals surface area contributed by atoms with Crippen molar-refractivity contribution in [3.8, 4) is 0 Å². The van der Waals surface area contributed by atoms with Crippen LogP contribution in [0.3, 0.4) is 0 Å². The summed E-state index contributed by atoms with van der Waals surface area (Å²) in [5, 5.41) is 4.41. The number of rotatable bonds is 2. The fourth-order valence-electron chi connectivity index (χ4n) is 2.23. The van der Waals surface area contributed by atoms with Gasteiger partial charge in [-0.15, -0.1) is 0 Å². The first kappa shape index (κ1) is 11.2. The molecule has 1 heterocycles. The number of aromatic nitrogens is 1. The Labute approximate surface area is 108 Å². The van der Waals surface area contributed by atoms with Crippen LogP contribution < -0.4 is 5.32 Å². The first-order valence-corrected chi connectivity index (χ1v) is 6.94. The van der Waals surface area contributed by atoms with Gasteiger partial charge in [0.2, 0.25) is 0 Å². The Morgan fingerprint density at radius 3 is 2.88 bits per heavy atom. The number of hydrogen-bond acceptors (Lipinski definition) is 3. The van der Waals surface area contributed by atoms with Gasteiger partial charge in [0.1, 0.15) is 5.82 Å². The predicted molar refractivity (Wildman–Crippen MR) is 70.5 cm³/mol. The van der Waals surface area contributed by atoms with Gasteiger partial charge in [-0.05, 0) is 25.0 Å². The van der Waals surface area contributed by atoms with Gasteiger partial charge >= 0.3 is 0 Å². The fourth-order valence-corrected chi connectivity index (χ4v) is 3.34. The molecule has 0 spiro atoms. The summed E-state index contributed by atoms with van der Waals surface area (Å²) in [7, 11) is 0. The van der Waals surface area contributed by atoms with Crippen molar-refractivity contribution in [2.45, 2.75) is 31.7 Å². The van der Waals surface area contributed by atoms with Crippen LogP contribution in [0.15, 0.2) is 12.1 Å². The summed E-state index contributed by atoms with van der Waals surface area (Å²) in [6.45, 7) is 0. The zero-order chi connectivity index (χ0) is 11.8. The molecule has 1 saturated carbocycles. The van der Waals surface area contributed by atoms with Gasteiger partial charge in [-0.3, -0.25) is 0 Å². The highest BCUT2D eigenvalue weighted by atomic mass is 35.5. The second-order valence-corrected chi connectivity index (χ2v) is 5.82. The molecule has 90 valence electrons. The van der Waals surface area contributed by atoms with E-state index in [-0.39, 0.29) is 10.8 Å². The second kappa shape index (κ2) is 4.42. The third-order valence-corrected chi connectivity index (χ3v) is 4.35. The van der Waals surface area contributed by atoms with E-state index < -0.39 is 0 Å². The molecule has 2 nitrogen and oxygen atoms in total. The molecule has 3 rings (SSSR count). The van der Waals surface area contributed by atoms with Gasteiger partial charge in [0, 0.05) is 6.04 Å². The van der Waals surface area contributed by atoms with E-state index in [2.05, 4.69) is 10.3 Å². The number of benzene rings is 1. The SMILES string of the molecule is Fc1cc2sc(NC3CCCC3)nc2cc1Cl. The number of thiazole rings is 1. The third kappa shape index (κ3) is 2.24. The summed E-state index contributed by atoms with van der Waals surface area (Å²) < 4.78 is 14.1. The Bertz CT molecular complexity index is 510. The normalized spacial score (nSPS) is 16.8. The molecule has 0 bridgehead atoms. The van der Waals surface area contributed by atoms with E-state index in [0.29, 0.717) is 6.04 Å². The van der Waals surface area contributed by atoms with Crippen molar-refractivity contribution in [3.05, 3.63) is 23.0 Å². The van der Waals surface area contributed by atoms with E-state index >= 15 is 0 Å². The van der Waals surface area contributed by atoms with Gasteiger partial charge in [-0.2, -0.15) is 0 Å². The highest BCUT2D eigenvalue weighted by molar-refractivity contribution is 7.22. The molecule has 0 amide bonds. The standard InChI is InChI=1S/C12H12ClFN2S/c13-8-5-10-11(6-9(8)14)17-12(16-10)15-7-3-1-2-4-7/h5-7H,1-4H2,(H,15,16). The summed E-state index contributed by atoms with van der Waals surface area (Å²) in [6.07, 6.45) is 4.96. The van der Waals surface area contributed by atoms with Crippen molar-refractivity contribution in [2.75, 3.05) is 5.32 Å². The predicted octanol–water partition coefficient (Wildman–Crippen LogP) is 4.44. The average molecular weight is 271 g/mol. The van der Waals surface area contributed by atoms with Crippen molar-refractivity contribution < 1.29 is 4.39 Å². The molecule has 0 radical (unpaired) electrons. The largest absolute Gasteiger partial charge is 0.359 e. The molecule has 1 aromatic carbocycles. The minimum Gasteiger partial charge on any atom is -0.359 e. The van der Waals surface area contributed by atoms with E-state index in [1.54, 1.807) is 6.07 Å². The van der Waals surface area contributed by atoms with Crippen LogP contribution >= 0.6 is 22.9 Å². The molecule has 17 heavy (non-hydrogen) atoms. The zero-order valence-electron chi connectivity index (χ0n) is 9.17. The second-order valence-electron chi connectivity index (χ2n) is 4.38. The van der Waals surface area contributed by atoms with Gasteiger partial charge in [-0.25, -0.2) is 9.37 Å². The topological polar surface area (TPSA) is 24.9 Å². The average Bonchev–Trinajstić information content (AvgIpc) is 2.89. The molecule has 1 aliphatic rings. The lowest BCUT2D eigenvalue weighted by Gasteiger charge is -2.09. The van der Waals surface area contributed by atoms with Crippen LogP contribution in [0, 0.1) is 5.82 Å². The van der Waals surface area contributed by atoms with E-state index in [1.165, 1.54) is 43.1 Å². The Kier molecular flexibility index (Phi) is 2.92. The summed E-state index contributed by atoms with van der Waals surface area (Å²) in [4.78, 5) is 4.43. The number of anilines is 1. The van der Waals surface area contributed by atoms with Crippen molar-refractivity contribution in [1.82, 2.24) is 4.98 Å². The van der Waals surface area contributed by atoms with Gasteiger partial charge in [0.25, 0.3) is 0 Å². The highest BCUT2D eigenvalue weighted by Crippen LogP contribution is 2.31. The summed E-state index contributed by atoms with van der Waals surface area (Å²) >= 11 is 7.22. The lowest BCUT2D eigenvalue weighted by Crippen LogP contribution is -2.13. The zero-order valence-corrected chi connectivity index (χ0v) is 10.7. The lowest BCUT2D eigenvalue weighted by molar-refractivity contribution is 0.630. The van der Waals surface area contributed by atoms with Gasteiger partial charge in [0.05, 0.1) is 15.2 Å².